The number of amides is 2. The van der Waals surface area contributed by atoms with Gasteiger partial charge in [0.25, 0.3) is 0 Å². The van der Waals surface area contributed by atoms with Gasteiger partial charge in [0, 0.05) is 6.54 Å². The first-order valence-electron chi connectivity index (χ1n) is 6.36. The summed E-state index contributed by atoms with van der Waals surface area (Å²) in [6.45, 7) is 2.55. The van der Waals surface area contributed by atoms with E-state index in [2.05, 4.69) is 5.32 Å². The Hall–Kier alpha value is -1.77. The molecule has 0 spiro atoms. The molecule has 3 N–H and O–H groups in total. The van der Waals surface area contributed by atoms with E-state index in [0.717, 1.165) is 4.31 Å². The number of nitrogens with one attached hydrogen (secondary N) is 1. The first-order chi connectivity index (χ1) is 9.71. The van der Waals surface area contributed by atoms with E-state index in [0.29, 0.717) is 5.56 Å². The Morgan fingerprint density at radius 3 is 2.52 bits per heavy atom. The Morgan fingerprint density at radius 2 is 1.90 bits per heavy atom. The number of sulfonamides is 1. The lowest BCUT2D eigenvalue weighted by atomic mass is 10.0. The largest absolute Gasteiger partial charge is 0.326 e. The molecule has 8 heteroatoms. The SMILES string of the molecule is CC1(C)C(=O)NC(=O)CN1S(=O)(=O)c1ccccc1CN. The number of nitrogens with zero attached hydrogens (tertiary/aromatic N) is 1. The third-order valence-electron chi connectivity index (χ3n) is 3.48. The fraction of sp³-hybridized carbons (Fsp3) is 0.385. The molecule has 2 amide bonds. The quantitative estimate of drug-likeness (QED) is 0.736. The fourth-order valence-electron chi connectivity index (χ4n) is 2.19. The number of carbonyl (C=O) groups excluding carboxylic acids is 2. The van der Waals surface area contributed by atoms with Crippen molar-refractivity contribution in [3.05, 3.63) is 29.8 Å². The number of benzene rings is 1. The molecule has 0 unspecified atom stereocenters. The van der Waals surface area contributed by atoms with Gasteiger partial charge in [0.1, 0.15) is 5.54 Å². The van der Waals surface area contributed by atoms with Gasteiger partial charge in [-0.2, -0.15) is 4.31 Å². The Balaban J connectivity index is 2.57. The second-order valence-corrected chi connectivity index (χ2v) is 7.09. The highest BCUT2D eigenvalue weighted by molar-refractivity contribution is 7.89. The van der Waals surface area contributed by atoms with Gasteiger partial charge in [0.2, 0.25) is 21.8 Å². The predicted octanol–water partition coefficient (Wildman–Crippen LogP) is -0.429. The lowest BCUT2D eigenvalue weighted by Crippen LogP contribution is -2.65. The minimum absolute atomic E-state index is 0.0167. The van der Waals surface area contributed by atoms with Crippen LogP contribution in [0.15, 0.2) is 29.2 Å². The molecule has 1 aromatic rings. The highest BCUT2D eigenvalue weighted by Gasteiger charge is 2.47. The second kappa shape index (κ2) is 5.21. The van der Waals surface area contributed by atoms with Crippen LogP contribution in [0.2, 0.25) is 0 Å². The molecule has 0 aromatic heterocycles. The maximum Gasteiger partial charge on any atom is 0.247 e. The van der Waals surface area contributed by atoms with Gasteiger partial charge in [-0.1, -0.05) is 18.2 Å². The molecule has 1 heterocycles. The van der Waals surface area contributed by atoms with Crippen LogP contribution in [-0.4, -0.2) is 36.6 Å². The van der Waals surface area contributed by atoms with Gasteiger partial charge in [-0.05, 0) is 25.5 Å². The molecule has 1 aliphatic rings. The molecule has 1 fully saturated rings. The molecule has 1 aromatic carbocycles. The van der Waals surface area contributed by atoms with Crippen molar-refractivity contribution in [3.8, 4) is 0 Å². The molecule has 7 nitrogen and oxygen atoms in total. The number of nitrogens with two attached hydrogens (primary N) is 1. The number of imide groups is 1. The molecule has 114 valence electrons. The van der Waals surface area contributed by atoms with Crippen molar-refractivity contribution in [2.45, 2.75) is 30.8 Å². The molecule has 1 saturated heterocycles. The van der Waals surface area contributed by atoms with E-state index < -0.39 is 33.9 Å². The maximum absolute atomic E-state index is 12.8. The number of hydrogen-bond acceptors (Lipinski definition) is 5. The van der Waals surface area contributed by atoms with Crippen LogP contribution in [0.5, 0.6) is 0 Å². The highest BCUT2D eigenvalue weighted by atomic mass is 32.2. The third kappa shape index (κ3) is 2.57. The molecule has 2 rings (SSSR count). The van der Waals surface area contributed by atoms with E-state index in [1.807, 2.05) is 0 Å². The van der Waals surface area contributed by atoms with Crippen LogP contribution < -0.4 is 11.1 Å². The van der Waals surface area contributed by atoms with Gasteiger partial charge in [0.05, 0.1) is 11.4 Å². The standard InChI is InChI=1S/C13H17N3O4S/c1-13(2)12(18)15-11(17)8-16(13)21(19,20)10-6-4-3-5-9(10)7-14/h3-6H,7-8,14H2,1-2H3,(H,15,17,18). The van der Waals surface area contributed by atoms with Crippen molar-refractivity contribution >= 4 is 21.8 Å². The van der Waals surface area contributed by atoms with Gasteiger partial charge >= 0.3 is 0 Å². The summed E-state index contributed by atoms with van der Waals surface area (Å²) in [5.41, 5.74) is 4.65. The Bertz CT molecular complexity index is 697. The summed E-state index contributed by atoms with van der Waals surface area (Å²) in [4.78, 5) is 23.5. The van der Waals surface area contributed by atoms with Crippen molar-refractivity contribution in [3.63, 3.8) is 0 Å². The average molecular weight is 311 g/mol. The van der Waals surface area contributed by atoms with Crippen LogP contribution in [-0.2, 0) is 26.2 Å². The second-order valence-electron chi connectivity index (χ2n) is 5.26. The van der Waals surface area contributed by atoms with Crippen LogP contribution in [0.3, 0.4) is 0 Å². The van der Waals surface area contributed by atoms with E-state index in [1.54, 1.807) is 18.2 Å². The van der Waals surface area contributed by atoms with Gasteiger partial charge in [-0.25, -0.2) is 8.42 Å². The van der Waals surface area contributed by atoms with E-state index in [4.69, 9.17) is 5.73 Å². The monoisotopic (exact) mass is 311 g/mol. The highest BCUT2D eigenvalue weighted by Crippen LogP contribution is 2.28. The van der Waals surface area contributed by atoms with Crippen LogP contribution in [0.4, 0.5) is 0 Å². The smallest absolute Gasteiger partial charge is 0.247 e. The Morgan fingerprint density at radius 1 is 1.29 bits per heavy atom. The zero-order valence-electron chi connectivity index (χ0n) is 11.8. The summed E-state index contributed by atoms with van der Waals surface area (Å²) >= 11 is 0. The number of hydrogen-bond donors (Lipinski definition) is 2. The minimum atomic E-state index is -4.01. The number of rotatable bonds is 3. The van der Waals surface area contributed by atoms with Gasteiger partial charge in [-0.3, -0.25) is 14.9 Å². The van der Waals surface area contributed by atoms with E-state index >= 15 is 0 Å². The maximum atomic E-state index is 12.8. The first kappa shape index (κ1) is 15.6. The molecule has 0 atom stereocenters. The fourth-order valence-corrected chi connectivity index (χ4v) is 4.13. The van der Waals surface area contributed by atoms with Crippen molar-refractivity contribution in [1.82, 2.24) is 9.62 Å². The number of piperazine rings is 1. The summed E-state index contributed by atoms with van der Waals surface area (Å²) < 4.78 is 26.5. The predicted molar refractivity (Wildman–Crippen MR) is 75.5 cm³/mol. The zero-order valence-corrected chi connectivity index (χ0v) is 12.6. The summed E-state index contributed by atoms with van der Waals surface area (Å²) in [6.07, 6.45) is 0. The van der Waals surface area contributed by atoms with Gasteiger partial charge < -0.3 is 5.73 Å². The van der Waals surface area contributed by atoms with Crippen molar-refractivity contribution in [2.75, 3.05) is 6.54 Å². The minimum Gasteiger partial charge on any atom is -0.326 e. The number of carbonyl (C=O) groups is 2. The van der Waals surface area contributed by atoms with Crippen LogP contribution >= 0.6 is 0 Å². The molecule has 0 saturated carbocycles. The molecule has 21 heavy (non-hydrogen) atoms. The molecule has 0 bridgehead atoms. The molecule has 1 aliphatic heterocycles. The summed E-state index contributed by atoms with van der Waals surface area (Å²) in [5, 5.41) is 2.14. The summed E-state index contributed by atoms with van der Waals surface area (Å²) in [5.74, 6) is -1.29. The summed E-state index contributed by atoms with van der Waals surface area (Å²) in [6, 6.07) is 6.28. The van der Waals surface area contributed by atoms with Crippen molar-refractivity contribution < 1.29 is 18.0 Å². The molecule has 0 aliphatic carbocycles. The van der Waals surface area contributed by atoms with Crippen LogP contribution in [0, 0.1) is 0 Å². The Labute approximate surface area is 123 Å². The van der Waals surface area contributed by atoms with E-state index in [-0.39, 0.29) is 11.4 Å². The van der Waals surface area contributed by atoms with Crippen LogP contribution in [0.25, 0.3) is 0 Å². The summed E-state index contributed by atoms with van der Waals surface area (Å²) in [7, 11) is -4.01. The van der Waals surface area contributed by atoms with Gasteiger partial charge in [0.15, 0.2) is 0 Å². The normalized spacial score (nSPS) is 19.4. The van der Waals surface area contributed by atoms with Crippen molar-refractivity contribution in [2.24, 2.45) is 5.73 Å². The van der Waals surface area contributed by atoms with E-state index in [9.17, 15) is 18.0 Å². The molecular formula is C13H17N3O4S. The van der Waals surface area contributed by atoms with Gasteiger partial charge in [-0.15, -0.1) is 0 Å². The average Bonchev–Trinajstić information content (AvgIpc) is 2.43. The zero-order chi connectivity index (χ0) is 15.8. The van der Waals surface area contributed by atoms with E-state index in [1.165, 1.54) is 19.9 Å². The lowest BCUT2D eigenvalue weighted by molar-refractivity contribution is -0.141. The van der Waals surface area contributed by atoms with Crippen LogP contribution in [0.1, 0.15) is 19.4 Å². The van der Waals surface area contributed by atoms with Crippen molar-refractivity contribution in [1.29, 1.82) is 0 Å². The molecule has 0 radical (unpaired) electrons. The molecular weight excluding hydrogens is 294 g/mol. The third-order valence-corrected chi connectivity index (χ3v) is 5.60. The Kier molecular flexibility index (Phi) is 3.87. The topological polar surface area (TPSA) is 110 Å². The lowest BCUT2D eigenvalue weighted by Gasteiger charge is -2.39. The first-order valence-corrected chi connectivity index (χ1v) is 7.80.